The predicted molar refractivity (Wildman–Crippen MR) is 85.0 cm³/mol. The molecule has 0 aliphatic rings. The van der Waals surface area contributed by atoms with Gasteiger partial charge >= 0.3 is 6.03 Å². The Kier molecular flexibility index (Phi) is 6.15. The highest BCUT2D eigenvalue weighted by Crippen LogP contribution is 2.23. The molecule has 1 rings (SSSR count). The van der Waals surface area contributed by atoms with Crippen LogP contribution in [-0.2, 0) is 6.54 Å². The second-order valence-electron chi connectivity index (χ2n) is 5.04. The van der Waals surface area contributed by atoms with E-state index in [1.165, 1.54) is 0 Å². The van der Waals surface area contributed by atoms with Crippen molar-refractivity contribution in [1.82, 2.24) is 10.2 Å². The van der Waals surface area contributed by atoms with Crippen LogP contribution in [0.2, 0.25) is 0 Å². The Bertz CT molecular complexity index is 445. The first-order valence-electron chi connectivity index (χ1n) is 7.08. The fraction of sp³-hybridized carbons (Fsp3) is 0.533. The summed E-state index contributed by atoms with van der Waals surface area (Å²) in [7, 11) is 3.98. The van der Waals surface area contributed by atoms with Gasteiger partial charge in [-0.25, -0.2) is 4.79 Å². The summed E-state index contributed by atoms with van der Waals surface area (Å²) in [6.07, 6.45) is 0.927. The molecule has 112 valence electrons. The molecule has 0 atom stereocenters. The van der Waals surface area contributed by atoms with Gasteiger partial charge in [0, 0.05) is 45.1 Å². The summed E-state index contributed by atoms with van der Waals surface area (Å²) < 4.78 is 0. The summed E-state index contributed by atoms with van der Waals surface area (Å²) in [5, 5.41) is 2.86. The van der Waals surface area contributed by atoms with E-state index in [-0.39, 0.29) is 6.03 Å². The number of carbonyl (C=O) groups is 1. The van der Waals surface area contributed by atoms with E-state index in [1.54, 1.807) is 0 Å². The molecule has 2 amide bonds. The number of amides is 2. The van der Waals surface area contributed by atoms with Gasteiger partial charge < -0.3 is 20.9 Å². The molecule has 5 nitrogen and oxygen atoms in total. The molecular weight excluding hydrogens is 252 g/mol. The van der Waals surface area contributed by atoms with Gasteiger partial charge in [0.15, 0.2) is 0 Å². The molecule has 0 unspecified atom stereocenters. The number of nitrogens with two attached hydrogens (primary N) is 1. The second kappa shape index (κ2) is 7.62. The minimum Gasteiger partial charge on any atom is -0.399 e. The number of hydrogen-bond donors (Lipinski definition) is 2. The molecule has 0 saturated heterocycles. The molecule has 0 saturated carbocycles. The third-order valence-electron chi connectivity index (χ3n) is 3.06. The zero-order valence-electron chi connectivity index (χ0n) is 12.9. The standard InChI is InChI=1S/C15H26N4O/c1-5-9-19(15(20)17-6-2)11-12-10-13(16)7-8-14(12)18(3)4/h7-8,10H,5-6,9,11,16H2,1-4H3,(H,17,20). The Labute approximate surface area is 121 Å². The lowest BCUT2D eigenvalue weighted by Crippen LogP contribution is -2.40. The van der Waals surface area contributed by atoms with E-state index in [0.29, 0.717) is 13.1 Å². The molecule has 0 radical (unpaired) electrons. The normalized spacial score (nSPS) is 10.2. The fourth-order valence-corrected chi connectivity index (χ4v) is 2.16. The van der Waals surface area contributed by atoms with Crippen molar-refractivity contribution >= 4 is 17.4 Å². The molecule has 5 heteroatoms. The van der Waals surface area contributed by atoms with Gasteiger partial charge in [0.25, 0.3) is 0 Å². The molecule has 1 aromatic carbocycles. The molecule has 0 aliphatic heterocycles. The number of nitrogens with one attached hydrogen (secondary N) is 1. The number of nitrogen functional groups attached to an aromatic ring is 1. The quantitative estimate of drug-likeness (QED) is 0.785. The lowest BCUT2D eigenvalue weighted by atomic mass is 10.1. The van der Waals surface area contributed by atoms with Gasteiger partial charge in [-0.05, 0) is 37.1 Å². The average molecular weight is 278 g/mol. The van der Waals surface area contributed by atoms with Crippen LogP contribution in [0.3, 0.4) is 0 Å². The second-order valence-corrected chi connectivity index (χ2v) is 5.04. The average Bonchev–Trinajstić information content (AvgIpc) is 2.38. The summed E-state index contributed by atoms with van der Waals surface area (Å²) in [6, 6.07) is 5.79. The van der Waals surface area contributed by atoms with Crippen molar-refractivity contribution in [2.24, 2.45) is 0 Å². The number of benzene rings is 1. The van der Waals surface area contributed by atoms with Gasteiger partial charge in [0.1, 0.15) is 0 Å². The highest BCUT2D eigenvalue weighted by molar-refractivity contribution is 5.74. The van der Waals surface area contributed by atoms with E-state index in [0.717, 1.165) is 29.9 Å². The first-order valence-corrected chi connectivity index (χ1v) is 7.08. The third-order valence-corrected chi connectivity index (χ3v) is 3.06. The number of urea groups is 1. The number of rotatable bonds is 6. The Morgan fingerprint density at radius 3 is 2.55 bits per heavy atom. The predicted octanol–water partition coefficient (Wildman–Crippen LogP) is 2.28. The van der Waals surface area contributed by atoms with Crippen molar-refractivity contribution in [2.45, 2.75) is 26.8 Å². The monoisotopic (exact) mass is 278 g/mol. The third kappa shape index (κ3) is 4.33. The molecule has 0 aliphatic carbocycles. The van der Waals surface area contributed by atoms with Gasteiger partial charge in [-0.1, -0.05) is 6.92 Å². The minimum atomic E-state index is -0.0264. The van der Waals surface area contributed by atoms with Crippen LogP contribution in [-0.4, -0.2) is 38.1 Å². The van der Waals surface area contributed by atoms with Crippen LogP contribution in [0, 0.1) is 0 Å². The summed E-state index contributed by atoms with van der Waals surface area (Å²) in [4.78, 5) is 15.9. The smallest absolute Gasteiger partial charge is 0.317 e. The van der Waals surface area contributed by atoms with Gasteiger partial charge in [-0.3, -0.25) is 0 Å². The van der Waals surface area contributed by atoms with E-state index in [4.69, 9.17) is 5.73 Å². The van der Waals surface area contributed by atoms with E-state index >= 15 is 0 Å². The maximum Gasteiger partial charge on any atom is 0.317 e. The highest BCUT2D eigenvalue weighted by Gasteiger charge is 2.15. The van der Waals surface area contributed by atoms with Crippen LogP contribution in [0.4, 0.5) is 16.2 Å². The molecule has 20 heavy (non-hydrogen) atoms. The molecule has 0 bridgehead atoms. The fourth-order valence-electron chi connectivity index (χ4n) is 2.16. The van der Waals surface area contributed by atoms with Crippen LogP contribution < -0.4 is 16.0 Å². The summed E-state index contributed by atoms with van der Waals surface area (Å²) in [6.45, 7) is 5.93. The minimum absolute atomic E-state index is 0.0264. The number of anilines is 2. The van der Waals surface area contributed by atoms with Crippen molar-refractivity contribution in [3.8, 4) is 0 Å². The lowest BCUT2D eigenvalue weighted by molar-refractivity contribution is 0.196. The lowest BCUT2D eigenvalue weighted by Gasteiger charge is -2.25. The van der Waals surface area contributed by atoms with Crippen molar-refractivity contribution in [3.05, 3.63) is 23.8 Å². The van der Waals surface area contributed by atoms with Gasteiger partial charge in [-0.2, -0.15) is 0 Å². The van der Waals surface area contributed by atoms with Crippen LogP contribution in [0.1, 0.15) is 25.8 Å². The van der Waals surface area contributed by atoms with Crippen molar-refractivity contribution in [1.29, 1.82) is 0 Å². The van der Waals surface area contributed by atoms with Crippen LogP contribution in [0.15, 0.2) is 18.2 Å². The van der Waals surface area contributed by atoms with E-state index in [9.17, 15) is 4.79 Å². The van der Waals surface area contributed by atoms with Crippen molar-refractivity contribution < 1.29 is 4.79 Å². The summed E-state index contributed by atoms with van der Waals surface area (Å²) in [5.41, 5.74) is 8.75. The molecular formula is C15H26N4O. The molecule has 0 spiro atoms. The number of nitrogens with zero attached hydrogens (tertiary/aromatic N) is 2. The van der Waals surface area contributed by atoms with Gasteiger partial charge in [0.2, 0.25) is 0 Å². The summed E-state index contributed by atoms with van der Waals surface area (Å²) >= 11 is 0. The van der Waals surface area contributed by atoms with Crippen LogP contribution in [0.5, 0.6) is 0 Å². The van der Waals surface area contributed by atoms with Gasteiger partial charge in [-0.15, -0.1) is 0 Å². The Hall–Kier alpha value is -1.91. The van der Waals surface area contributed by atoms with Crippen LogP contribution in [0.25, 0.3) is 0 Å². The Morgan fingerprint density at radius 2 is 2.00 bits per heavy atom. The number of hydrogen-bond acceptors (Lipinski definition) is 3. The van der Waals surface area contributed by atoms with E-state index < -0.39 is 0 Å². The van der Waals surface area contributed by atoms with Crippen LogP contribution >= 0.6 is 0 Å². The number of carbonyl (C=O) groups excluding carboxylic acids is 1. The summed E-state index contributed by atoms with van der Waals surface area (Å²) in [5.74, 6) is 0. The Morgan fingerprint density at radius 1 is 1.30 bits per heavy atom. The first-order chi connectivity index (χ1) is 9.49. The van der Waals surface area contributed by atoms with Gasteiger partial charge in [0.05, 0.1) is 0 Å². The van der Waals surface area contributed by atoms with Crippen molar-refractivity contribution in [3.63, 3.8) is 0 Å². The molecule has 0 aromatic heterocycles. The SMILES string of the molecule is CCCN(Cc1cc(N)ccc1N(C)C)C(=O)NCC. The first kappa shape index (κ1) is 16.1. The highest BCUT2D eigenvalue weighted by atomic mass is 16.2. The molecule has 3 N–H and O–H groups in total. The zero-order chi connectivity index (χ0) is 15.1. The zero-order valence-corrected chi connectivity index (χ0v) is 12.9. The maximum absolute atomic E-state index is 12.1. The van der Waals surface area contributed by atoms with E-state index in [1.807, 2.05) is 49.0 Å². The molecule has 1 aromatic rings. The molecule has 0 fully saturated rings. The van der Waals surface area contributed by atoms with E-state index in [2.05, 4.69) is 12.2 Å². The largest absolute Gasteiger partial charge is 0.399 e. The van der Waals surface area contributed by atoms with Crippen molar-refractivity contribution in [2.75, 3.05) is 37.8 Å². The Balaban J connectivity index is 2.97. The maximum atomic E-state index is 12.1. The molecule has 0 heterocycles. The topological polar surface area (TPSA) is 61.6 Å².